The molecule has 2 aromatic carbocycles. The zero-order valence-corrected chi connectivity index (χ0v) is 11.3. The van der Waals surface area contributed by atoms with Gasteiger partial charge in [-0.25, -0.2) is 4.39 Å². The number of methoxy groups -OCH3 is 1. The van der Waals surface area contributed by atoms with Crippen LogP contribution < -0.4 is 4.74 Å². The quantitative estimate of drug-likeness (QED) is 0.799. The minimum Gasteiger partial charge on any atom is -0.496 e. The third-order valence-electron chi connectivity index (χ3n) is 2.94. The maximum Gasteiger partial charge on any atom is 0.130 e. The largest absolute Gasteiger partial charge is 0.496 e. The summed E-state index contributed by atoms with van der Waals surface area (Å²) >= 11 is 0. The highest BCUT2D eigenvalue weighted by atomic mass is 19.1. The van der Waals surface area contributed by atoms with Crippen LogP contribution >= 0.6 is 0 Å². The second kappa shape index (κ2) is 6.36. The lowest BCUT2D eigenvalue weighted by Crippen LogP contribution is -1.89. The van der Waals surface area contributed by atoms with Crippen molar-refractivity contribution < 1.29 is 9.13 Å². The molecule has 4 heteroatoms. The molecule has 2 aromatic rings. The smallest absolute Gasteiger partial charge is 0.130 e. The minimum atomic E-state index is -0.342. The van der Waals surface area contributed by atoms with Gasteiger partial charge in [-0.05, 0) is 35.4 Å². The Morgan fingerprint density at radius 2 is 1.76 bits per heavy atom. The summed E-state index contributed by atoms with van der Waals surface area (Å²) in [5.41, 5.74) is 2.20. The number of nitrogens with zero attached hydrogens (tertiary/aromatic N) is 2. The number of allylic oxidation sites excluding steroid dienone is 1. The SMILES string of the molecule is COc1ccc(F)cc1-c1ccc(C=C(C#N)C#N)cc1. The number of hydrogen-bond donors (Lipinski definition) is 0. The maximum absolute atomic E-state index is 13.4. The molecule has 0 aliphatic heterocycles. The van der Waals surface area contributed by atoms with Gasteiger partial charge in [0.15, 0.2) is 0 Å². The first-order valence-electron chi connectivity index (χ1n) is 6.14. The van der Waals surface area contributed by atoms with E-state index < -0.39 is 0 Å². The predicted molar refractivity (Wildman–Crippen MR) is 77.6 cm³/mol. The first-order chi connectivity index (χ1) is 10.2. The molecule has 0 N–H and O–H groups in total. The van der Waals surface area contributed by atoms with E-state index in [1.54, 1.807) is 42.5 Å². The summed E-state index contributed by atoms with van der Waals surface area (Å²) in [6.07, 6.45) is 1.49. The third-order valence-corrected chi connectivity index (χ3v) is 2.94. The fourth-order valence-corrected chi connectivity index (χ4v) is 1.92. The number of ether oxygens (including phenoxy) is 1. The van der Waals surface area contributed by atoms with E-state index in [1.165, 1.54) is 25.3 Å². The van der Waals surface area contributed by atoms with E-state index in [0.717, 1.165) is 11.1 Å². The van der Waals surface area contributed by atoms with Crippen molar-refractivity contribution >= 4 is 6.08 Å². The standard InChI is InChI=1S/C17H11FN2O/c1-21-17-7-6-15(18)9-16(17)14-4-2-12(3-5-14)8-13(10-19)11-20/h2-9H,1H3. The van der Waals surface area contributed by atoms with Gasteiger partial charge < -0.3 is 4.74 Å². The van der Waals surface area contributed by atoms with Crippen LogP contribution in [0.5, 0.6) is 5.75 Å². The molecule has 2 rings (SSSR count). The lowest BCUT2D eigenvalue weighted by molar-refractivity contribution is 0.415. The molecule has 0 bridgehead atoms. The number of nitriles is 2. The fraction of sp³-hybridized carbons (Fsp3) is 0.0588. The molecule has 102 valence electrons. The maximum atomic E-state index is 13.4. The average Bonchev–Trinajstić information content (AvgIpc) is 2.53. The average molecular weight is 278 g/mol. The van der Waals surface area contributed by atoms with Crippen LogP contribution in [0.15, 0.2) is 48.0 Å². The molecule has 0 aliphatic carbocycles. The summed E-state index contributed by atoms with van der Waals surface area (Å²) in [7, 11) is 1.53. The molecular formula is C17H11FN2O. The van der Waals surface area contributed by atoms with Gasteiger partial charge >= 0.3 is 0 Å². The van der Waals surface area contributed by atoms with Crippen molar-refractivity contribution in [3.63, 3.8) is 0 Å². The Balaban J connectivity index is 2.41. The number of rotatable bonds is 3. The van der Waals surface area contributed by atoms with Crippen LogP contribution in [0.4, 0.5) is 4.39 Å². The lowest BCUT2D eigenvalue weighted by atomic mass is 10.0. The second-order valence-electron chi connectivity index (χ2n) is 4.25. The lowest BCUT2D eigenvalue weighted by Gasteiger charge is -2.09. The molecule has 0 radical (unpaired) electrons. The summed E-state index contributed by atoms with van der Waals surface area (Å²) in [6, 6.07) is 15.0. The van der Waals surface area contributed by atoms with E-state index in [2.05, 4.69) is 0 Å². The monoisotopic (exact) mass is 278 g/mol. The van der Waals surface area contributed by atoms with E-state index in [0.29, 0.717) is 11.3 Å². The number of hydrogen-bond acceptors (Lipinski definition) is 3. The van der Waals surface area contributed by atoms with Gasteiger partial charge in [0.05, 0.1) is 7.11 Å². The van der Waals surface area contributed by atoms with Crippen LogP contribution in [0.2, 0.25) is 0 Å². The van der Waals surface area contributed by atoms with E-state index in [-0.39, 0.29) is 11.4 Å². The number of benzene rings is 2. The molecule has 0 saturated carbocycles. The van der Waals surface area contributed by atoms with Gasteiger partial charge in [0.25, 0.3) is 0 Å². The number of halogens is 1. The zero-order chi connectivity index (χ0) is 15.2. The van der Waals surface area contributed by atoms with Gasteiger partial charge in [-0.15, -0.1) is 0 Å². The fourth-order valence-electron chi connectivity index (χ4n) is 1.92. The van der Waals surface area contributed by atoms with Crippen molar-refractivity contribution in [3.8, 4) is 29.0 Å². The van der Waals surface area contributed by atoms with Gasteiger partial charge in [-0.3, -0.25) is 0 Å². The molecule has 21 heavy (non-hydrogen) atoms. The second-order valence-corrected chi connectivity index (χ2v) is 4.25. The van der Waals surface area contributed by atoms with E-state index in [9.17, 15) is 4.39 Å². The molecule has 3 nitrogen and oxygen atoms in total. The summed E-state index contributed by atoms with van der Waals surface area (Å²) in [5, 5.41) is 17.4. The normalized spacial score (nSPS) is 9.33. The molecule has 0 fully saturated rings. The summed E-state index contributed by atoms with van der Waals surface area (Å²) in [6.45, 7) is 0. The summed E-state index contributed by atoms with van der Waals surface area (Å²) in [4.78, 5) is 0. The van der Waals surface area contributed by atoms with Gasteiger partial charge in [0, 0.05) is 5.56 Å². The third kappa shape index (κ3) is 3.26. The highest BCUT2D eigenvalue weighted by Crippen LogP contribution is 2.30. The first kappa shape index (κ1) is 14.3. The summed E-state index contributed by atoms with van der Waals surface area (Å²) < 4.78 is 18.6. The Hall–Kier alpha value is -3.11. The first-order valence-corrected chi connectivity index (χ1v) is 6.14. The molecule has 0 saturated heterocycles. The molecule has 0 amide bonds. The van der Waals surface area contributed by atoms with E-state index in [1.807, 2.05) is 0 Å². The van der Waals surface area contributed by atoms with Crippen LogP contribution in [-0.4, -0.2) is 7.11 Å². The van der Waals surface area contributed by atoms with Crippen LogP contribution in [0.25, 0.3) is 17.2 Å². The van der Waals surface area contributed by atoms with Crippen molar-refractivity contribution in [2.45, 2.75) is 0 Å². The van der Waals surface area contributed by atoms with Crippen molar-refractivity contribution in [1.82, 2.24) is 0 Å². The van der Waals surface area contributed by atoms with Crippen LogP contribution in [0, 0.1) is 28.5 Å². The molecule has 0 aliphatic rings. The van der Waals surface area contributed by atoms with Crippen LogP contribution in [0.3, 0.4) is 0 Å². The van der Waals surface area contributed by atoms with Crippen molar-refractivity contribution in [2.24, 2.45) is 0 Å². The molecule has 0 atom stereocenters. The van der Waals surface area contributed by atoms with Crippen molar-refractivity contribution in [2.75, 3.05) is 7.11 Å². The van der Waals surface area contributed by atoms with Gasteiger partial charge in [0.1, 0.15) is 29.3 Å². The van der Waals surface area contributed by atoms with Gasteiger partial charge in [-0.1, -0.05) is 24.3 Å². The van der Waals surface area contributed by atoms with Crippen LogP contribution in [0.1, 0.15) is 5.56 Å². The van der Waals surface area contributed by atoms with Gasteiger partial charge in [0.2, 0.25) is 0 Å². The Kier molecular flexibility index (Phi) is 4.33. The van der Waals surface area contributed by atoms with Gasteiger partial charge in [-0.2, -0.15) is 10.5 Å². The molecular weight excluding hydrogens is 267 g/mol. The summed E-state index contributed by atoms with van der Waals surface area (Å²) in [5.74, 6) is 0.237. The minimum absolute atomic E-state index is 0.0334. The predicted octanol–water partition coefficient (Wildman–Crippen LogP) is 3.93. The zero-order valence-electron chi connectivity index (χ0n) is 11.3. The molecule has 0 unspecified atom stereocenters. The van der Waals surface area contributed by atoms with Crippen molar-refractivity contribution in [1.29, 1.82) is 10.5 Å². The van der Waals surface area contributed by atoms with Crippen molar-refractivity contribution in [3.05, 3.63) is 59.4 Å². The van der Waals surface area contributed by atoms with E-state index >= 15 is 0 Å². The highest BCUT2D eigenvalue weighted by molar-refractivity contribution is 5.72. The molecule has 0 heterocycles. The Morgan fingerprint density at radius 3 is 2.33 bits per heavy atom. The Labute approximate surface area is 122 Å². The Morgan fingerprint density at radius 1 is 1.10 bits per heavy atom. The Bertz CT molecular complexity index is 749. The van der Waals surface area contributed by atoms with E-state index in [4.69, 9.17) is 15.3 Å². The molecule has 0 spiro atoms. The topological polar surface area (TPSA) is 56.8 Å². The molecule has 0 aromatic heterocycles. The van der Waals surface area contributed by atoms with Crippen LogP contribution in [-0.2, 0) is 0 Å². The highest BCUT2D eigenvalue weighted by Gasteiger charge is 2.07.